The van der Waals surface area contributed by atoms with E-state index in [4.69, 9.17) is 10.8 Å². The van der Waals surface area contributed by atoms with Crippen molar-refractivity contribution in [3.8, 4) is 0 Å². The van der Waals surface area contributed by atoms with Crippen molar-refractivity contribution in [1.29, 1.82) is 0 Å². The average Bonchev–Trinajstić information content (AvgIpc) is 2.75. The van der Waals surface area contributed by atoms with Crippen molar-refractivity contribution in [3.05, 3.63) is 40.2 Å². The molecule has 0 bridgehead atoms. The smallest absolute Gasteiger partial charge is 0.550 e. The van der Waals surface area contributed by atoms with Crippen molar-refractivity contribution in [3.63, 3.8) is 0 Å². The Bertz CT molecular complexity index is 1110. The summed E-state index contributed by atoms with van der Waals surface area (Å²) in [5.41, 5.74) is 6.56. The number of fused-ring (bicyclic) bond motifs is 1. The van der Waals surface area contributed by atoms with Gasteiger partial charge >= 0.3 is 57.4 Å². The summed E-state index contributed by atoms with van der Waals surface area (Å²) in [7, 11) is 1.78. The third-order valence-electron chi connectivity index (χ3n) is 5.25. The van der Waals surface area contributed by atoms with Gasteiger partial charge in [-0.3, -0.25) is 14.6 Å². The molecule has 1 aromatic carbocycles. The van der Waals surface area contributed by atoms with Crippen LogP contribution in [-0.4, -0.2) is 65.1 Å². The van der Waals surface area contributed by atoms with Crippen molar-refractivity contribution in [2.24, 2.45) is 0 Å². The molecule has 1 amide bonds. The predicted molar refractivity (Wildman–Crippen MR) is 118 cm³/mol. The Morgan fingerprint density at radius 1 is 1.32 bits per heavy atom. The number of aromatic amines is 1. The molecular weight excluding hydrogens is 473 g/mol. The SMILES string of the molecule is CN1c2c(nc(N)[nH]c2=O)NCC1CNc1ccc(C(=O)N[C@@H](CCC(=O)[O-])C(=O)O)cc1.[K+]. The molecule has 3 rings (SSSR count). The van der Waals surface area contributed by atoms with Gasteiger partial charge in [-0.2, -0.15) is 4.98 Å². The maximum Gasteiger partial charge on any atom is 1.00 e. The number of likely N-dealkylation sites (N-methyl/N-ethyl adjacent to an activating group) is 1. The van der Waals surface area contributed by atoms with Crippen molar-refractivity contribution in [2.75, 3.05) is 41.4 Å². The summed E-state index contributed by atoms with van der Waals surface area (Å²) < 4.78 is 0. The predicted octanol–water partition coefficient (Wildman–Crippen LogP) is -4.59. The van der Waals surface area contributed by atoms with E-state index in [1.807, 2.05) is 4.90 Å². The molecule has 7 N–H and O–H groups in total. The Labute approximate surface area is 236 Å². The van der Waals surface area contributed by atoms with Crippen LogP contribution < -0.4 is 88.6 Å². The summed E-state index contributed by atoms with van der Waals surface area (Å²) in [5.74, 6) is -2.89. The Morgan fingerprint density at radius 2 is 2.00 bits per heavy atom. The number of carboxylic acid groups (broad SMARTS) is 2. The molecule has 34 heavy (non-hydrogen) atoms. The summed E-state index contributed by atoms with van der Waals surface area (Å²) in [5, 5.41) is 28.3. The molecule has 2 heterocycles. The number of amides is 1. The largest absolute Gasteiger partial charge is 1.00 e. The zero-order valence-corrected chi connectivity index (χ0v) is 21.9. The van der Waals surface area contributed by atoms with Crippen LogP contribution in [0.25, 0.3) is 0 Å². The van der Waals surface area contributed by atoms with Crippen LogP contribution in [0.1, 0.15) is 23.2 Å². The summed E-state index contributed by atoms with van der Waals surface area (Å²) in [4.78, 5) is 54.7. The van der Waals surface area contributed by atoms with Crippen LogP contribution in [0.3, 0.4) is 0 Å². The van der Waals surface area contributed by atoms with E-state index < -0.39 is 30.3 Å². The Kier molecular flexibility index (Phi) is 9.87. The normalized spacial score (nSPS) is 15.2. The first-order chi connectivity index (χ1) is 15.7. The first kappa shape index (κ1) is 27.6. The molecule has 14 heteroatoms. The van der Waals surface area contributed by atoms with E-state index in [-0.39, 0.29) is 80.9 Å². The van der Waals surface area contributed by atoms with Gasteiger partial charge in [0.15, 0.2) is 5.82 Å². The molecule has 0 fully saturated rings. The molecule has 176 valence electrons. The summed E-state index contributed by atoms with van der Waals surface area (Å²) in [6, 6.07) is 4.94. The number of carbonyl (C=O) groups is 3. The van der Waals surface area contributed by atoms with Gasteiger partial charge in [0.1, 0.15) is 11.7 Å². The van der Waals surface area contributed by atoms with Gasteiger partial charge in [-0.1, -0.05) is 0 Å². The number of anilines is 4. The number of hydrogen-bond donors (Lipinski definition) is 6. The molecule has 2 aromatic rings. The van der Waals surface area contributed by atoms with Crippen LogP contribution in [-0.2, 0) is 9.59 Å². The van der Waals surface area contributed by atoms with Gasteiger partial charge in [0.05, 0.1) is 6.04 Å². The monoisotopic (exact) mass is 497 g/mol. The van der Waals surface area contributed by atoms with Gasteiger partial charge in [-0.05, 0) is 37.1 Å². The maximum absolute atomic E-state index is 12.3. The number of rotatable bonds is 9. The number of H-pyrrole nitrogens is 1. The zero-order chi connectivity index (χ0) is 24.1. The Morgan fingerprint density at radius 3 is 2.62 bits per heavy atom. The summed E-state index contributed by atoms with van der Waals surface area (Å²) >= 11 is 0. The molecule has 13 nitrogen and oxygen atoms in total. The van der Waals surface area contributed by atoms with Crippen LogP contribution in [0.4, 0.5) is 23.1 Å². The maximum atomic E-state index is 12.3. The number of carboxylic acids is 2. The number of nitrogens with one attached hydrogen (secondary N) is 4. The summed E-state index contributed by atoms with van der Waals surface area (Å²) in [6.07, 6.45) is -0.759. The van der Waals surface area contributed by atoms with Gasteiger partial charge in [0, 0.05) is 37.4 Å². The van der Waals surface area contributed by atoms with Gasteiger partial charge < -0.3 is 41.6 Å². The van der Waals surface area contributed by atoms with Gasteiger partial charge in [-0.15, -0.1) is 0 Å². The van der Waals surface area contributed by atoms with Crippen molar-refractivity contribution in [2.45, 2.75) is 24.9 Å². The minimum absolute atomic E-state index is 0. The molecule has 1 aromatic heterocycles. The van der Waals surface area contributed by atoms with Crippen LogP contribution >= 0.6 is 0 Å². The fourth-order valence-electron chi connectivity index (χ4n) is 3.41. The van der Waals surface area contributed by atoms with Crippen molar-refractivity contribution >= 4 is 41.0 Å². The van der Waals surface area contributed by atoms with Gasteiger partial charge in [-0.25, -0.2) is 4.79 Å². The Hall–Kier alpha value is -2.65. The van der Waals surface area contributed by atoms with E-state index in [0.717, 1.165) is 0 Å². The number of hydrogen-bond acceptors (Lipinski definition) is 10. The number of carbonyl (C=O) groups excluding carboxylic acids is 2. The van der Waals surface area contributed by atoms with E-state index in [1.165, 1.54) is 12.1 Å². The van der Waals surface area contributed by atoms with E-state index in [9.17, 15) is 24.3 Å². The fourth-order valence-corrected chi connectivity index (χ4v) is 3.41. The molecule has 0 spiro atoms. The van der Waals surface area contributed by atoms with Crippen LogP contribution in [0.2, 0.25) is 0 Å². The average molecular weight is 498 g/mol. The third kappa shape index (κ3) is 6.93. The standard InChI is InChI=1S/C20H25N7O6.K/c1-27-12(9-23-16-15(27)18(31)26-20(21)25-16)8-22-11-4-2-10(3-5-11)17(30)24-13(19(32)33)6-7-14(28)29;/h2-5,12-13,22H,6-9H2,1H3,(H,24,30)(H,28,29)(H,32,33)(H4,21,23,25,26,31);/q;+1/p-1/t12?,13-;/m0./s1. The molecule has 0 aliphatic carbocycles. The molecule has 0 radical (unpaired) electrons. The van der Waals surface area contributed by atoms with E-state index >= 15 is 0 Å². The van der Waals surface area contributed by atoms with Crippen LogP contribution in [0, 0.1) is 0 Å². The van der Waals surface area contributed by atoms with Crippen LogP contribution in [0.5, 0.6) is 0 Å². The zero-order valence-electron chi connectivity index (χ0n) is 18.8. The number of nitrogen functional groups attached to an aromatic ring is 1. The first-order valence-electron chi connectivity index (χ1n) is 10.1. The molecular formula is C20H24KN7O6. The fraction of sp³-hybridized carbons (Fsp3) is 0.350. The van der Waals surface area contributed by atoms with E-state index in [0.29, 0.717) is 30.3 Å². The number of aliphatic carboxylic acids is 2. The second-order valence-electron chi connectivity index (χ2n) is 7.53. The number of nitrogens with two attached hydrogens (primary N) is 1. The minimum Gasteiger partial charge on any atom is -0.550 e. The number of aromatic nitrogens is 2. The second kappa shape index (κ2) is 12.2. The van der Waals surface area contributed by atoms with Gasteiger partial charge in [0.25, 0.3) is 11.5 Å². The molecule has 2 atom stereocenters. The molecule has 1 unspecified atom stereocenters. The molecule has 1 aliphatic rings. The second-order valence-corrected chi connectivity index (χ2v) is 7.53. The van der Waals surface area contributed by atoms with Gasteiger partial charge in [0.2, 0.25) is 5.95 Å². The minimum atomic E-state index is -1.39. The summed E-state index contributed by atoms with van der Waals surface area (Å²) in [6.45, 7) is 0.998. The first-order valence-corrected chi connectivity index (χ1v) is 10.1. The Balaban J connectivity index is 0.00000408. The number of benzene rings is 1. The van der Waals surface area contributed by atoms with Crippen molar-refractivity contribution in [1.82, 2.24) is 15.3 Å². The van der Waals surface area contributed by atoms with E-state index in [2.05, 4.69) is 25.9 Å². The van der Waals surface area contributed by atoms with E-state index in [1.54, 1.807) is 19.2 Å². The quantitative estimate of drug-likeness (QED) is 0.182. The van der Waals surface area contributed by atoms with Crippen LogP contribution in [0.15, 0.2) is 29.1 Å². The third-order valence-corrected chi connectivity index (χ3v) is 5.25. The topological polar surface area (TPSA) is 206 Å². The molecule has 0 saturated carbocycles. The molecule has 1 aliphatic heterocycles. The molecule has 0 saturated heterocycles. The van der Waals surface area contributed by atoms with Crippen molar-refractivity contribution < 1.29 is 76.0 Å². The number of nitrogens with zero attached hydrogens (tertiary/aromatic N) is 2.